The van der Waals surface area contributed by atoms with Gasteiger partial charge in [0.2, 0.25) is 0 Å². The predicted octanol–water partition coefficient (Wildman–Crippen LogP) is 4.60. The van der Waals surface area contributed by atoms with E-state index in [1.807, 2.05) is 12.1 Å². The Morgan fingerprint density at radius 3 is 2.10 bits per heavy atom. The maximum Gasteiger partial charge on any atom is 0.123 e. The monoisotopic (exact) mass is 271 g/mol. The molecule has 0 aliphatic rings. The van der Waals surface area contributed by atoms with E-state index >= 15 is 0 Å². The van der Waals surface area contributed by atoms with Crippen LogP contribution in [0.1, 0.15) is 40.8 Å². The fourth-order valence-electron chi connectivity index (χ4n) is 2.61. The predicted molar refractivity (Wildman–Crippen MR) is 82.3 cm³/mol. The van der Waals surface area contributed by atoms with Crippen molar-refractivity contribution in [3.8, 4) is 0 Å². The van der Waals surface area contributed by atoms with Gasteiger partial charge in [0.05, 0.1) is 0 Å². The molecule has 0 saturated heterocycles. The second kappa shape index (κ2) is 6.19. The van der Waals surface area contributed by atoms with Crippen LogP contribution in [-0.4, -0.2) is 0 Å². The van der Waals surface area contributed by atoms with Gasteiger partial charge in [-0.15, -0.1) is 0 Å². The van der Waals surface area contributed by atoms with E-state index in [9.17, 15) is 4.39 Å². The number of rotatable bonds is 4. The molecule has 1 N–H and O–H groups in total. The van der Waals surface area contributed by atoms with Crippen molar-refractivity contribution < 1.29 is 4.39 Å². The molecule has 2 heteroatoms. The van der Waals surface area contributed by atoms with Gasteiger partial charge in [-0.3, -0.25) is 0 Å². The fourth-order valence-corrected chi connectivity index (χ4v) is 2.61. The van der Waals surface area contributed by atoms with Crippen molar-refractivity contribution in [3.63, 3.8) is 0 Å². The van der Waals surface area contributed by atoms with Gasteiger partial charge in [0.25, 0.3) is 0 Å². The highest BCUT2D eigenvalue weighted by atomic mass is 19.1. The van der Waals surface area contributed by atoms with Crippen LogP contribution in [0.2, 0.25) is 0 Å². The lowest BCUT2D eigenvalue weighted by Gasteiger charge is -2.17. The summed E-state index contributed by atoms with van der Waals surface area (Å²) in [6, 6.07) is 11.3. The third-order valence-corrected chi connectivity index (χ3v) is 3.80. The highest BCUT2D eigenvalue weighted by Gasteiger charge is 2.08. The van der Waals surface area contributed by atoms with Crippen LogP contribution in [0.3, 0.4) is 0 Å². The summed E-state index contributed by atoms with van der Waals surface area (Å²) in [5.41, 5.74) is 6.40. The van der Waals surface area contributed by atoms with Gasteiger partial charge in [0, 0.05) is 12.6 Å². The molecule has 0 heterocycles. The van der Waals surface area contributed by atoms with Crippen molar-refractivity contribution in [3.05, 3.63) is 70.0 Å². The molecule has 0 aliphatic carbocycles. The lowest BCUT2D eigenvalue weighted by atomic mass is 9.99. The lowest BCUT2D eigenvalue weighted by Crippen LogP contribution is -2.19. The molecule has 0 fully saturated rings. The standard InChI is InChI=1S/C18H22FN/c1-12-9-13(2)18(14(3)10-12)11-20-15(4)16-5-7-17(19)8-6-16/h5-10,15,20H,11H2,1-4H3. The first kappa shape index (κ1) is 14.7. The minimum absolute atomic E-state index is 0.189. The van der Waals surface area contributed by atoms with Crippen LogP contribution >= 0.6 is 0 Å². The summed E-state index contributed by atoms with van der Waals surface area (Å²) in [6.07, 6.45) is 0. The van der Waals surface area contributed by atoms with Gasteiger partial charge in [0.1, 0.15) is 5.82 Å². The Bertz CT molecular complexity index is 564. The van der Waals surface area contributed by atoms with Crippen molar-refractivity contribution in [1.29, 1.82) is 0 Å². The molecule has 0 aliphatic heterocycles. The lowest BCUT2D eigenvalue weighted by molar-refractivity contribution is 0.568. The van der Waals surface area contributed by atoms with Crippen molar-refractivity contribution in [2.45, 2.75) is 40.3 Å². The number of nitrogens with one attached hydrogen (secondary N) is 1. The van der Waals surface area contributed by atoms with E-state index in [1.165, 1.54) is 34.4 Å². The molecule has 0 aromatic heterocycles. The summed E-state index contributed by atoms with van der Waals surface area (Å²) in [4.78, 5) is 0. The molecule has 106 valence electrons. The highest BCUT2D eigenvalue weighted by Crippen LogP contribution is 2.18. The Kier molecular flexibility index (Phi) is 4.56. The molecule has 1 nitrogen and oxygen atoms in total. The maximum absolute atomic E-state index is 12.9. The van der Waals surface area contributed by atoms with E-state index in [0.717, 1.165) is 12.1 Å². The summed E-state index contributed by atoms with van der Waals surface area (Å²) in [7, 11) is 0. The zero-order valence-corrected chi connectivity index (χ0v) is 12.6. The normalized spacial score (nSPS) is 12.4. The SMILES string of the molecule is Cc1cc(C)c(CNC(C)c2ccc(F)cc2)c(C)c1. The molecular weight excluding hydrogens is 249 g/mol. The molecule has 0 bridgehead atoms. The van der Waals surface area contributed by atoms with Crippen LogP contribution in [0.25, 0.3) is 0 Å². The number of aryl methyl sites for hydroxylation is 3. The number of hydrogen-bond acceptors (Lipinski definition) is 1. The smallest absolute Gasteiger partial charge is 0.123 e. The van der Waals surface area contributed by atoms with Crippen LogP contribution in [0.5, 0.6) is 0 Å². The van der Waals surface area contributed by atoms with E-state index < -0.39 is 0 Å². The van der Waals surface area contributed by atoms with Gasteiger partial charge >= 0.3 is 0 Å². The number of benzene rings is 2. The van der Waals surface area contributed by atoms with Gasteiger partial charge in [-0.25, -0.2) is 4.39 Å². The number of hydrogen-bond donors (Lipinski definition) is 1. The quantitative estimate of drug-likeness (QED) is 0.856. The van der Waals surface area contributed by atoms with Crippen LogP contribution in [0.4, 0.5) is 4.39 Å². The Hall–Kier alpha value is -1.67. The van der Waals surface area contributed by atoms with Crippen molar-refractivity contribution in [2.75, 3.05) is 0 Å². The molecule has 0 spiro atoms. The zero-order chi connectivity index (χ0) is 14.7. The van der Waals surface area contributed by atoms with Gasteiger partial charge in [-0.05, 0) is 62.1 Å². The van der Waals surface area contributed by atoms with Gasteiger partial charge in [-0.1, -0.05) is 29.8 Å². The van der Waals surface area contributed by atoms with E-state index in [4.69, 9.17) is 0 Å². The third-order valence-electron chi connectivity index (χ3n) is 3.80. The Balaban J connectivity index is 2.07. The molecule has 0 radical (unpaired) electrons. The summed E-state index contributed by atoms with van der Waals surface area (Å²) in [5.74, 6) is -0.189. The molecular formula is C18H22FN. The van der Waals surface area contributed by atoms with Crippen LogP contribution in [-0.2, 0) is 6.54 Å². The largest absolute Gasteiger partial charge is 0.306 e. The van der Waals surface area contributed by atoms with Crippen molar-refractivity contribution in [2.24, 2.45) is 0 Å². The first-order valence-electron chi connectivity index (χ1n) is 7.03. The Morgan fingerprint density at radius 2 is 1.55 bits per heavy atom. The third kappa shape index (κ3) is 3.45. The van der Waals surface area contributed by atoms with E-state index in [0.29, 0.717) is 0 Å². The molecule has 0 saturated carbocycles. The minimum atomic E-state index is -0.189. The van der Waals surface area contributed by atoms with Gasteiger partial charge < -0.3 is 5.32 Å². The number of halogens is 1. The Labute approximate surface area is 120 Å². The van der Waals surface area contributed by atoms with Gasteiger partial charge in [-0.2, -0.15) is 0 Å². The van der Waals surface area contributed by atoms with Crippen LogP contribution < -0.4 is 5.32 Å². The topological polar surface area (TPSA) is 12.0 Å². The zero-order valence-electron chi connectivity index (χ0n) is 12.6. The van der Waals surface area contributed by atoms with Crippen LogP contribution in [0.15, 0.2) is 36.4 Å². The Morgan fingerprint density at radius 1 is 1.00 bits per heavy atom. The summed E-state index contributed by atoms with van der Waals surface area (Å²) < 4.78 is 12.9. The summed E-state index contributed by atoms with van der Waals surface area (Å²) >= 11 is 0. The second-order valence-electron chi connectivity index (χ2n) is 5.53. The van der Waals surface area contributed by atoms with E-state index in [1.54, 1.807) is 0 Å². The first-order chi connectivity index (χ1) is 9.47. The fraction of sp³-hybridized carbons (Fsp3) is 0.333. The molecule has 1 atom stereocenters. The summed E-state index contributed by atoms with van der Waals surface area (Å²) in [6.45, 7) is 9.36. The van der Waals surface area contributed by atoms with E-state index in [-0.39, 0.29) is 11.9 Å². The molecule has 2 aromatic rings. The second-order valence-corrected chi connectivity index (χ2v) is 5.53. The highest BCUT2D eigenvalue weighted by molar-refractivity contribution is 5.37. The van der Waals surface area contributed by atoms with E-state index in [2.05, 4.69) is 45.1 Å². The molecule has 2 rings (SSSR count). The summed E-state index contributed by atoms with van der Waals surface area (Å²) in [5, 5.41) is 3.51. The van der Waals surface area contributed by atoms with Crippen molar-refractivity contribution >= 4 is 0 Å². The molecule has 1 unspecified atom stereocenters. The minimum Gasteiger partial charge on any atom is -0.306 e. The van der Waals surface area contributed by atoms with Gasteiger partial charge in [0.15, 0.2) is 0 Å². The first-order valence-corrected chi connectivity index (χ1v) is 7.03. The average molecular weight is 271 g/mol. The molecule has 0 amide bonds. The van der Waals surface area contributed by atoms with Crippen molar-refractivity contribution in [1.82, 2.24) is 5.32 Å². The maximum atomic E-state index is 12.9. The average Bonchev–Trinajstić information content (AvgIpc) is 2.38. The van der Waals surface area contributed by atoms with Crippen LogP contribution in [0, 0.1) is 26.6 Å². The molecule has 2 aromatic carbocycles. The molecule has 20 heavy (non-hydrogen) atoms.